The van der Waals surface area contributed by atoms with Crippen molar-refractivity contribution in [1.82, 2.24) is 19.7 Å². The SMILES string of the molecule is O=C(Cc1ccsc1)N1CCn2c(nnc2-c2ccccc2)C1. The first kappa shape index (κ1) is 14.1. The number of aromatic nitrogens is 3. The number of carbonyl (C=O) groups is 1. The highest BCUT2D eigenvalue weighted by atomic mass is 32.1. The summed E-state index contributed by atoms with van der Waals surface area (Å²) in [5.41, 5.74) is 2.14. The van der Waals surface area contributed by atoms with Crippen LogP contribution in [-0.4, -0.2) is 32.1 Å². The van der Waals surface area contributed by atoms with Crippen molar-refractivity contribution in [3.05, 3.63) is 58.5 Å². The molecule has 1 aliphatic rings. The van der Waals surface area contributed by atoms with E-state index in [9.17, 15) is 4.79 Å². The average molecular weight is 324 g/mol. The number of nitrogens with zero attached hydrogens (tertiary/aromatic N) is 4. The topological polar surface area (TPSA) is 51.0 Å². The molecule has 3 aromatic rings. The third kappa shape index (κ3) is 2.77. The van der Waals surface area contributed by atoms with Crippen LogP contribution in [0.4, 0.5) is 0 Å². The Labute approximate surface area is 138 Å². The molecule has 4 rings (SSSR count). The number of rotatable bonds is 3. The van der Waals surface area contributed by atoms with E-state index in [0.717, 1.165) is 29.3 Å². The number of carbonyl (C=O) groups excluding carboxylic acids is 1. The standard InChI is InChI=1S/C17H16N4OS/c22-16(10-13-6-9-23-12-13)20-7-8-21-15(11-20)18-19-17(21)14-4-2-1-3-5-14/h1-6,9,12H,7-8,10-11H2. The summed E-state index contributed by atoms with van der Waals surface area (Å²) in [6.45, 7) is 1.97. The summed E-state index contributed by atoms with van der Waals surface area (Å²) < 4.78 is 2.11. The smallest absolute Gasteiger partial charge is 0.227 e. The van der Waals surface area contributed by atoms with E-state index < -0.39 is 0 Å². The van der Waals surface area contributed by atoms with Gasteiger partial charge in [-0.3, -0.25) is 4.79 Å². The first-order valence-electron chi connectivity index (χ1n) is 7.57. The Morgan fingerprint density at radius 1 is 1.13 bits per heavy atom. The summed E-state index contributed by atoms with van der Waals surface area (Å²) in [5, 5.41) is 12.6. The maximum Gasteiger partial charge on any atom is 0.227 e. The molecule has 23 heavy (non-hydrogen) atoms. The van der Waals surface area contributed by atoms with Crippen LogP contribution in [0.25, 0.3) is 11.4 Å². The first-order chi connectivity index (χ1) is 11.3. The summed E-state index contributed by atoms with van der Waals surface area (Å²) in [5.74, 6) is 1.89. The van der Waals surface area contributed by atoms with E-state index in [0.29, 0.717) is 19.5 Å². The van der Waals surface area contributed by atoms with Crippen LogP contribution in [-0.2, 0) is 24.3 Å². The quantitative estimate of drug-likeness (QED) is 0.744. The van der Waals surface area contributed by atoms with Crippen molar-refractivity contribution in [3.63, 3.8) is 0 Å². The lowest BCUT2D eigenvalue weighted by atomic mass is 10.2. The Morgan fingerprint density at radius 2 is 2.00 bits per heavy atom. The van der Waals surface area contributed by atoms with E-state index in [4.69, 9.17) is 0 Å². The Balaban J connectivity index is 1.52. The molecule has 3 heterocycles. The minimum atomic E-state index is 0.152. The van der Waals surface area contributed by atoms with Crippen LogP contribution in [0.2, 0.25) is 0 Å². The molecule has 1 aromatic carbocycles. The molecule has 0 unspecified atom stereocenters. The fraction of sp³-hybridized carbons (Fsp3) is 0.235. The monoisotopic (exact) mass is 324 g/mol. The Hall–Kier alpha value is -2.47. The van der Waals surface area contributed by atoms with Crippen LogP contribution in [0.15, 0.2) is 47.2 Å². The zero-order valence-corrected chi connectivity index (χ0v) is 13.4. The van der Waals surface area contributed by atoms with E-state index in [2.05, 4.69) is 14.8 Å². The molecule has 5 nitrogen and oxygen atoms in total. The van der Waals surface area contributed by atoms with Crippen LogP contribution in [0.3, 0.4) is 0 Å². The van der Waals surface area contributed by atoms with Crippen molar-refractivity contribution in [3.8, 4) is 11.4 Å². The number of fused-ring (bicyclic) bond motifs is 1. The molecular formula is C17H16N4OS. The highest BCUT2D eigenvalue weighted by Gasteiger charge is 2.24. The molecular weight excluding hydrogens is 308 g/mol. The molecule has 0 bridgehead atoms. The van der Waals surface area contributed by atoms with Crippen LogP contribution in [0.1, 0.15) is 11.4 Å². The Morgan fingerprint density at radius 3 is 2.78 bits per heavy atom. The summed E-state index contributed by atoms with van der Waals surface area (Å²) >= 11 is 1.62. The number of amides is 1. The highest BCUT2D eigenvalue weighted by Crippen LogP contribution is 2.22. The Bertz CT molecular complexity index is 811. The number of hydrogen-bond donors (Lipinski definition) is 0. The minimum Gasteiger partial charge on any atom is -0.333 e. The van der Waals surface area contributed by atoms with E-state index in [-0.39, 0.29) is 5.91 Å². The van der Waals surface area contributed by atoms with Gasteiger partial charge in [0.15, 0.2) is 11.6 Å². The van der Waals surface area contributed by atoms with Crippen LogP contribution in [0.5, 0.6) is 0 Å². The van der Waals surface area contributed by atoms with Gasteiger partial charge in [0.1, 0.15) is 0 Å². The second kappa shape index (κ2) is 5.96. The lowest BCUT2D eigenvalue weighted by Gasteiger charge is -2.27. The van der Waals surface area contributed by atoms with E-state index in [1.165, 1.54) is 0 Å². The maximum atomic E-state index is 12.4. The lowest BCUT2D eigenvalue weighted by Crippen LogP contribution is -2.39. The van der Waals surface area contributed by atoms with Gasteiger partial charge in [0.2, 0.25) is 5.91 Å². The predicted molar refractivity (Wildman–Crippen MR) is 88.9 cm³/mol. The van der Waals surface area contributed by atoms with Crippen molar-refractivity contribution in [1.29, 1.82) is 0 Å². The van der Waals surface area contributed by atoms with Crippen molar-refractivity contribution in [2.24, 2.45) is 0 Å². The van der Waals surface area contributed by atoms with Crippen LogP contribution >= 0.6 is 11.3 Å². The first-order valence-corrected chi connectivity index (χ1v) is 8.52. The van der Waals surface area contributed by atoms with Gasteiger partial charge in [-0.15, -0.1) is 10.2 Å². The predicted octanol–water partition coefficient (Wildman–Crippen LogP) is 2.59. The third-order valence-electron chi connectivity index (χ3n) is 4.07. The molecule has 0 fully saturated rings. The molecule has 1 aliphatic heterocycles. The molecule has 116 valence electrons. The van der Waals surface area contributed by atoms with Gasteiger partial charge in [0.05, 0.1) is 13.0 Å². The normalized spacial score (nSPS) is 13.8. The summed E-state index contributed by atoms with van der Waals surface area (Å²) in [4.78, 5) is 14.3. The second-order valence-electron chi connectivity index (χ2n) is 5.58. The molecule has 0 aliphatic carbocycles. The fourth-order valence-electron chi connectivity index (χ4n) is 2.85. The van der Waals surface area contributed by atoms with Gasteiger partial charge < -0.3 is 9.47 Å². The average Bonchev–Trinajstić information content (AvgIpc) is 3.24. The van der Waals surface area contributed by atoms with Crippen molar-refractivity contribution >= 4 is 17.2 Å². The van der Waals surface area contributed by atoms with E-state index >= 15 is 0 Å². The lowest BCUT2D eigenvalue weighted by molar-refractivity contribution is -0.131. The number of thiophene rings is 1. The van der Waals surface area contributed by atoms with Gasteiger partial charge in [0.25, 0.3) is 0 Å². The maximum absolute atomic E-state index is 12.4. The molecule has 2 aromatic heterocycles. The summed E-state index contributed by atoms with van der Waals surface area (Å²) in [7, 11) is 0. The summed E-state index contributed by atoms with van der Waals surface area (Å²) in [6.07, 6.45) is 0.461. The molecule has 0 radical (unpaired) electrons. The highest BCUT2D eigenvalue weighted by molar-refractivity contribution is 7.08. The van der Waals surface area contributed by atoms with Gasteiger partial charge in [-0.2, -0.15) is 11.3 Å². The fourth-order valence-corrected chi connectivity index (χ4v) is 3.52. The number of hydrogen-bond acceptors (Lipinski definition) is 4. The minimum absolute atomic E-state index is 0.152. The zero-order chi connectivity index (χ0) is 15.6. The van der Waals surface area contributed by atoms with Crippen LogP contribution in [0, 0.1) is 0 Å². The molecule has 0 saturated heterocycles. The molecule has 0 atom stereocenters. The van der Waals surface area contributed by atoms with Gasteiger partial charge in [-0.25, -0.2) is 0 Å². The third-order valence-corrected chi connectivity index (χ3v) is 4.81. The molecule has 1 amide bonds. The van der Waals surface area contributed by atoms with E-state index in [1.54, 1.807) is 11.3 Å². The zero-order valence-electron chi connectivity index (χ0n) is 12.6. The van der Waals surface area contributed by atoms with Gasteiger partial charge in [0, 0.05) is 18.7 Å². The number of benzene rings is 1. The van der Waals surface area contributed by atoms with Gasteiger partial charge in [-0.1, -0.05) is 30.3 Å². The largest absolute Gasteiger partial charge is 0.333 e. The van der Waals surface area contributed by atoms with Gasteiger partial charge in [-0.05, 0) is 22.4 Å². The second-order valence-corrected chi connectivity index (χ2v) is 6.36. The van der Waals surface area contributed by atoms with Crippen LogP contribution < -0.4 is 0 Å². The molecule has 0 N–H and O–H groups in total. The molecule has 0 spiro atoms. The van der Waals surface area contributed by atoms with Crippen molar-refractivity contribution in [2.45, 2.75) is 19.5 Å². The molecule has 6 heteroatoms. The summed E-state index contributed by atoms with van der Waals surface area (Å²) in [6, 6.07) is 12.0. The molecule has 0 saturated carbocycles. The van der Waals surface area contributed by atoms with Crippen molar-refractivity contribution in [2.75, 3.05) is 6.54 Å². The van der Waals surface area contributed by atoms with E-state index in [1.807, 2.05) is 52.1 Å². The van der Waals surface area contributed by atoms with Gasteiger partial charge >= 0.3 is 0 Å². The van der Waals surface area contributed by atoms with Crippen molar-refractivity contribution < 1.29 is 4.79 Å². The Kier molecular flexibility index (Phi) is 3.67.